The third kappa shape index (κ3) is 4.65. The number of nitrogens with zero attached hydrogens (tertiary/aromatic N) is 1. The van der Waals surface area contributed by atoms with Crippen molar-refractivity contribution >= 4 is 15.9 Å². The molecule has 166 valence electrons. The maximum atomic E-state index is 13.4. The minimum absolute atomic E-state index is 0.0923. The number of rotatable bonds is 3. The predicted octanol–water partition coefficient (Wildman–Crippen LogP) is 2.42. The second-order valence-corrected chi connectivity index (χ2v) is 10.5. The first kappa shape index (κ1) is 21.6. The molecular weight excluding hydrogens is 404 g/mol. The fourth-order valence-electron chi connectivity index (χ4n) is 5.09. The number of benzene rings is 1. The lowest BCUT2D eigenvalue weighted by Crippen LogP contribution is -2.52. The number of hydrogen-bond acceptors (Lipinski definition) is 5. The van der Waals surface area contributed by atoms with Gasteiger partial charge in [-0.1, -0.05) is 25.1 Å². The first-order valence-electron chi connectivity index (χ1n) is 11.0. The maximum absolute atomic E-state index is 13.4. The Hall–Kier alpha value is -1.64. The van der Waals surface area contributed by atoms with Gasteiger partial charge in [0.1, 0.15) is 5.75 Å². The van der Waals surface area contributed by atoms with Gasteiger partial charge < -0.3 is 14.4 Å². The van der Waals surface area contributed by atoms with Crippen LogP contribution in [0.3, 0.4) is 0 Å². The Balaban J connectivity index is 1.66. The van der Waals surface area contributed by atoms with Crippen LogP contribution >= 0.6 is 0 Å². The van der Waals surface area contributed by atoms with E-state index in [0.29, 0.717) is 31.9 Å². The molecule has 30 heavy (non-hydrogen) atoms. The number of para-hydroxylation sites is 1. The molecule has 1 saturated carbocycles. The predicted molar refractivity (Wildman–Crippen MR) is 114 cm³/mol. The number of carbonyl (C=O) groups is 1. The molecule has 0 aromatic heterocycles. The highest BCUT2D eigenvalue weighted by Gasteiger charge is 2.42. The zero-order valence-corrected chi connectivity index (χ0v) is 18.6. The average Bonchev–Trinajstić information content (AvgIpc) is 3.11. The van der Waals surface area contributed by atoms with Gasteiger partial charge in [-0.2, -0.15) is 0 Å². The maximum Gasteiger partial charge on any atom is 0.264 e. The van der Waals surface area contributed by atoms with Crippen LogP contribution in [0.25, 0.3) is 0 Å². The van der Waals surface area contributed by atoms with Crippen molar-refractivity contribution in [3.05, 3.63) is 29.8 Å². The van der Waals surface area contributed by atoms with E-state index >= 15 is 0 Å². The van der Waals surface area contributed by atoms with Crippen LogP contribution in [-0.4, -0.2) is 62.9 Å². The first-order chi connectivity index (χ1) is 14.4. The molecule has 1 aromatic rings. The molecular formula is C22H32N2O5S. The van der Waals surface area contributed by atoms with Crippen molar-refractivity contribution in [3.63, 3.8) is 0 Å². The van der Waals surface area contributed by atoms with Gasteiger partial charge in [-0.25, -0.2) is 13.1 Å². The van der Waals surface area contributed by atoms with Crippen LogP contribution in [0.5, 0.6) is 5.75 Å². The van der Waals surface area contributed by atoms with Crippen molar-refractivity contribution in [2.24, 2.45) is 0 Å². The fraction of sp³-hybridized carbons (Fsp3) is 0.682. The van der Waals surface area contributed by atoms with Crippen molar-refractivity contribution in [1.29, 1.82) is 0 Å². The van der Waals surface area contributed by atoms with Gasteiger partial charge in [0.15, 0.2) is 6.10 Å². The summed E-state index contributed by atoms with van der Waals surface area (Å²) in [5.74, 6) is 1.11. The van der Waals surface area contributed by atoms with E-state index in [9.17, 15) is 13.2 Å². The summed E-state index contributed by atoms with van der Waals surface area (Å²) in [5, 5.41) is 0. The number of carbonyl (C=O) groups excluding carboxylic acids is 1. The quantitative estimate of drug-likeness (QED) is 0.787. The zero-order valence-electron chi connectivity index (χ0n) is 17.7. The first-order valence-corrected chi connectivity index (χ1v) is 12.9. The van der Waals surface area contributed by atoms with Crippen molar-refractivity contribution in [2.45, 2.75) is 75.7 Å². The van der Waals surface area contributed by atoms with Gasteiger partial charge in [0.25, 0.3) is 5.91 Å². The summed E-state index contributed by atoms with van der Waals surface area (Å²) >= 11 is 0. The average molecular weight is 437 g/mol. The molecule has 0 unspecified atom stereocenters. The van der Waals surface area contributed by atoms with E-state index in [2.05, 4.69) is 10.8 Å². The van der Waals surface area contributed by atoms with E-state index in [4.69, 9.17) is 9.47 Å². The minimum atomic E-state index is -3.38. The topological polar surface area (TPSA) is 84.9 Å². The lowest BCUT2D eigenvalue weighted by Gasteiger charge is -2.32. The third-order valence-corrected chi connectivity index (χ3v) is 7.38. The molecule has 1 aromatic carbocycles. The lowest BCUT2D eigenvalue weighted by atomic mass is 9.82. The summed E-state index contributed by atoms with van der Waals surface area (Å²) in [4.78, 5) is 15.2. The van der Waals surface area contributed by atoms with Gasteiger partial charge >= 0.3 is 0 Å². The Morgan fingerprint density at radius 1 is 1.13 bits per heavy atom. The molecule has 3 aliphatic heterocycles. The number of fused-ring (bicyclic) bond motifs is 5. The number of nitrogens with one attached hydrogen (secondary N) is 1. The van der Waals surface area contributed by atoms with Gasteiger partial charge in [-0.3, -0.25) is 4.79 Å². The van der Waals surface area contributed by atoms with E-state index in [-0.39, 0.29) is 24.1 Å². The number of ether oxygens (including phenoxy) is 2. The molecule has 1 N–H and O–H groups in total. The molecule has 0 radical (unpaired) electrons. The molecule has 1 saturated heterocycles. The molecule has 7 nitrogen and oxygen atoms in total. The fourth-order valence-corrected chi connectivity index (χ4v) is 5.92. The Kier molecular flexibility index (Phi) is 6.36. The van der Waals surface area contributed by atoms with Crippen LogP contribution < -0.4 is 9.46 Å². The summed E-state index contributed by atoms with van der Waals surface area (Å²) in [6.07, 6.45) is 5.80. The largest absolute Gasteiger partial charge is 0.480 e. The van der Waals surface area contributed by atoms with Crippen LogP contribution in [0.1, 0.15) is 56.9 Å². The van der Waals surface area contributed by atoms with Gasteiger partial charge in [-0.15, -0.1) is 0 Å². The molecule has 1 aliphatic carbocycles. The second kappa shape index (κ2) is 8.85. The molecule has 8 heteroatoms. The van der Waals surface area contributed by atoms with Crippen LogP contribution in [0.4, 0.5) is 0 Å². The summed E-state index contributed by atoms with van der Waals surface area (Å²) in [6.45, 7) is 2.79. The van der Waals surface area contributed by atoms with Gasteiger partial charge in [0, 0.05) is 12.6 Å². The second-order valence-electron chi connectivity index (χ2n) is 8.74. The van der Waals surface area contributed by atoms with Crippen LogP contribution in [0.2, 0.25) is 0 Å². The smallest absolute Gasteiger partial charge is 0.264 e. The summed E-state index contributed by atoms with van der Waals surface area (Å²) in [6, 6.07) is 7.40. The van der Waals surface area contributed by atoms with Gasteiger partial charge in [0.2, 0.25) is 10.0 Å². The molecule has 2 fully saturated rings. The molecule has 3 atom stereocenters. The molecule has 1 amide bonds. The highest BCUT2D eigenvalue weighted by atomic mass is 32.2. The Morgan fingerprint density at radius 3 is 2.57 bits per heavy atom. The Labute approximate surface area is 179 Å². The number of sulfonamides is 1. The zero-order chi connectivity index (χ0) is 21.3. The molecule has 0 spiro atoms. The molecule has 4 aliphatic rings. The highest BCUT2D eigenvalue weighted by molar-refractivity contribution is 7.88. The van der Waals surface area contributed by atoms with E-state index in [1.54, 1.807) is 4.90 Å². The van der Waals surface area contributed by atoms with E-state index in [1.807, 2.05) is 25.1 Å². The number of amides is 1. The molecule has 5 rings (SSSR count). The third-order valence-electron chi connectivity index (χ3n) is 6.65. The minimum Gasteiger partial charge on any atom is -0.480 e. The van der Waals surface area contributed by atoms with E-state index in [1.165, 1.54) is 5.56 Å². The summed E-state index contributed by atoms with van der Waals surface area (Å²) < 4.78 is 39.0. The van der Waals surface area contributed by atoms with Gasteiger partial charge in [0.05, 0.1) is 25.0 Å². The molecule has 2 bridgehead atoms. The summed E-state index contributed by atoms with van der Waals surface area (Å²) in [7, 11) is -3.38. The van der Waals surface area contributed by atoms with Crippen molar-refractivity contribution in [3.8, 4) is 5.75 Å². The molecule has 3 heterocycles. The Morgan fingerprint density at radius 2 is 1.87 bits per heavy atom. The van der Waals surface area contributed by atoms with Crippen LogP contribution in [0.15, 0.2) is 24.3 Å². The SMILES string of the molecule is CC[C@H]1Oc2ccccc2[C@H]2CC[C@H](CC2)OC[C@H]2[C@@H](NS(C)(=O)=O)CCN2C1=O. The highest BCUT2D eigenvalue weighted by Crippen LogP contribution is 2.39. The number of hydrogen-bond donors (Lipinski definition) is 1. The Bertz CT molecular complexity index is 866. The van der Waals surface area contributed by atoms with E-state index < -0.39 is 16.1 Å². The van der Waals surface area contributed by atoms with Crippen molar-refractivity contribution in [2.75, 3.05) is 19.4 Å². The van der Waals surface area contributed by atoms with Crippen LogP contribution in [0, 0.1) is 0 Å². The van der Waals surface area contributed by atoms with Crippen molar-refractivity contribution < 1.29 is 22.7 Å². The van der Waals surface area contributed by atoms with Gasteiger partial charge in [-0.05, 0) is 56.1 Å². The van der Waals surface area contributed by atoms with Crippen molar-refractivity contribution in [1.82, 2.24) is 9.62 Å². The standard InChI is InChI=1S/C22H32N2O5S/c1-3-20-22(25)24-13-12-18(23-30(2,26)27)19(24)14-28-16-10-8-15(9-11-16)17-6-4-5-7-21(17)29-20/h4-7,15-16,18-20,23H,3,8-14H2,1-2H3/t15-,16+,18-,19-,20+/m0/s1. The normalized spacial score (nSPS) is 32.4. The van der Waals surface area contributed by atoms with Crippen LogP contribution in [-0.2, 0) is 19.6 Å². The lowest BCUT2D eigenvalue weighted by molar-refractivity contribution is -0.141. The summed E-state index contributed by atoms with van der Waals surface area (Å²) in [5.41, 5.74) is 1.18. The van der Waals surface area contributed by atoms with E-state index in [0.717, 1.165) is 37.7 Å². The monoisotopic (exact) mass is 436 g/mol.